The van der Waals surface area contributed by atoms with E-state index in [1.165, 1.54) is 16.6 Å². The standard InChI is InChI=1S/C20H22Cl2N6/c21-16-3-1-13(10-17(16)22)26-12-2-4-18-15(9-12)14-5-7-28(11-19(14)27-18)8-6-25-20(23)24/h1-4,9-10,26-27H,5-8,11H2,(H4,23,24,25). The van der Waals surface area contributed by atoms with Crippen molar-refractivity contribution >= 4 is 51.4 Å². The first-order valence-electron chi connectivity index (χ1n) is 9.15. The molecule has 0 amide bonds. The zero-order chi connectivity index (χ0) is 19.7. The molecule has 0 bridgehead atoms. The SMILES string of the molecule is N=C(N)NCCN1CCc2c([nH]c3ccc(Nc4ccc(Cl)c(Cl)c4)cc23)C1. The minimum Gasteiger partial charge on any atom is -0.370 e. The van der Waals surface area contributed by atoms with E-state index in [0.717, 1.165) is 42.9 Å². The Morgan fingerprint density at radius 2 is 1.93 bits per heavy atom. The highest BCUT2D eigenvalue weighted by Gasteiger charge is 2.20. The van der Waals surface area contributed by atoms with Gasteiger partial charge in [0, 0.05) is 54.2 Å². The summed E-state index contributed by atoms with van der Waals surface area (Å²) >= 11 is 12.1. The van der Waals surface area contributed by atoms with Crippen LogP contribution < -0.4 is 16.4 Å². The maximum Gasteiger partial charge on any atom is 0.185 e. The van der Waals surface area contributed by atoms with Gasteiger partial charge in [0.05, 0.1) is 10.0 Å². The largest absolute Gasteiger partial charge is 0.370 e. The monoisotopic (exact) mass is 416 g/mol. The van der Waals surface area contributed by atoms with E-state index in [2.05, 4.69) is 38.7 Å². The van der Waals surface area contributed by atoms with Crippen LogP contribution in [0.3, 0.4) is 0 Å². The lowest BCUT2D eigenvalue weighted by Gasteiger charge is -2.26. The number of nitrogens with one attached hydrogen (secondary N) is 4. The molecule has 0 radical (unpaired) electrons. The summed E-state index contributed by atoms with van der Waals surface area (Å²) < 4.78 is 0. The van der Waals surface area contributed by atoms with E-state index < -0.39 is 0 Å². The van der Waals surface area contributed by atoms with Gasteiger partial charge in [0.15, 0.2) is 5.96 Å². The van der Waals surface area contributed by atoms with E-state index in [1.807, 2.05) is 12.1 Å². The second-order valence-electron chi connectivity index (χ2n) is 6.96. The summed E-state index contributed by atoms with van der Waals surface area (Å²) in [5, 5.41) is 15.8. The van der Waals surface area contributed by atoms with Crippen LogP contribution in [0.15, 0.2) is 36.4 Å². The summed E-state index contributed by atoms with van der Waals surface area (Å²) in [5.41, 5.74) is 11.1. The Hall–Kier alpha value is -2.41. The second-order valence-corrected chi connectivity index (χ2v) is 7.78. The van der Waals surface area contributed by atoms with E-state index in [1.54, 1.807) is 6.07 Å². The van der Waals surface area contributed by atoms with Gasteiger partial charge in [-0.3, -0.25) is 10.3 Å². The van der Waals surface area contributed by atoms with Gasteiger partial charge in [-0.25, -0.2) is 0 Å². The molecule has 8 heteroatoms. The van der Waals surface area contributed by atoms with E-state index in [0.29, 0.717) is 16.6 Å². The van der Waals surface area contributed by atoms with Gasteiger partial charge in [0.25, 0.3) is 0 Å². The number of hydrogen-bond donors (Lipinski definition) is 5. The molecule has 1 aromatic heterocycles. The van der Waals surface area contributed by atoms with Crippen molar-refractivity contribution in [3.8, 4) is 0 Å². The summed E-state index contributed by atoms with van der Waals surface area (Å²) in [5.74, 6) is 0.0188. The molecule has 2 heterocycles. The fourth-order valence-electron chi connectivity index (χ4n) is 3.65. The highest BCUT2D eigenvalue weighted by molar-refractivity contribution is 6.42. The Kier molecular flexibility index (Phi) is 5.35. The molecule has 6 nitrogen and oxygen atoms in total. The van der Waals surface area contributed by atoms with Crippen LogP contribution in [-0.4, -0.2) is 35.5 Å². The van der Waals surface area contributed by atoms with Crippen molar-refractivity contribution in [3.05, 3.63) is 57.7 Å². The zero-order valence-corrected chi connectivity index (χ0v) is 16.8. The van der Waals surface area contributed by atoms with E-state index in [4.69, 9.17) is 34.3 Å². The average Bonchev–Trinajstić information content (AvgIpc) is 3.01. The molecule has 3 aromatic rings. The predicted molar refractivity (Wildman–Crippen MR) is 117 cm³/mol. The highest BCUT2D eigenvalue weighted by atomic mass is 35.5. The summed E-state index contributed by atoms with van der Waals surface area (Å²) in [6.45, 7) is 3.41. The summed E-state index contributed by atoms with van der Waals surface area (Å²) in [7, 11) is 0. The van der Waals surface area contributed by atoms with Gasteiger partial charge in [-0.1, -0.05) is 23.2 Å². The molecule has 146 valence electrons. The number of benzene rings is 2. The summed E-state index contributed by atoms with van der Waals surface area (Å²) in [4.78, 5) is 5.92. The Labute approximate surface area is 173 Å². The lowest BCUT2D eigenvalue weighted by Crippen LogP contribution is -2.39. The van der Waals surface area contributed by atoms with Crippen molar-refractivity contribution in [2.45, 2.75) is 13.0 Å². The van der Waals surface area contributed by atoms with Crippen LogP contribution in [0.2, 0.25) is 10.0 Å². The number of anilines is 2. The molecule has 0 aliphatic carbocycles. The molecule has 28 heavy (non-hydrogen) atoms. The van der Waals surface area contributed by atoms with Gasteiger partial charge >= 0.3 is 0 Å². The molecule has 1 aliphatic rings. The molecule has 6 N–H and O–H groups in total. The van der Waals surface area contributed by atoms with Crippen LogP contribution in [0.5, 0.6) is 0 Å². The van der Waals surface area contributed by atoms with E-state index in [-0.39, 0.29) is 5.96 Å². The number of fused-ring (bicyclic) bond motifs is 3. The van der Waals surface area contributed by atoms with Gasteiger partial charge in [0.2, 0.25) is 0 Å². The molecule has 0 saturated carbocycles. The Morgan fingerprint density at radius 1 is 1.14 bits per heavy atom. The molecule has 4 rings (SSSR count). The van der Waals surface area contributed by atoms with Crippen molar-refractivity contribution in [1.29, 1.82) is 5.41 Å². The average molecular weight is 417 g/mol. The van der Waals surface area contributed by atoms with Crippen LogP contribution in [0, 0.1) is 5.41 Å². The lowest BCUT2D eigenvalue weighted by atomic mass is 10.0. The Bertz CT molecular complexity index is 1030. The molecule has 0 unspecified atom stereocenters. The number of guanidine groups is 1. The molecule has 0 fully saturated rings. The molecule has 1 aliphatic heterocycles. The Balaban J connectivity index is 1.51. The van der Waals surface area contributed by atoms with Crippen LogP contribution in [-0.2, 0) is 13.0 Å². The third kappa shape index (κ3) is 4.04. The lowest BCUT2D eigenvalue weighted by molar-refractivity contribution is 0.256. The third-order valence-corrected chi connectivity index (χ3v) is 5.75. The predicted octanol–water partition coefficient (Wildman–Crippen LogP) is 4.06. The summed E-state index contributed by atoms with van der Waals surface area (Å²) in [6, 6.07) is 11.9. The smallest absolute Gasteiger partial charge is 0.185 e. The van der Waals surface area contributed by atoms with Crippen LogP contribution in [0.1, 0.15) is 11.3 Å². The van der Waals surface area contributed by atoms with Gasteiger partial charge in [-0.2, -0.15) is 0 Å². The maximum atomic E-state index is 7.25. The van der Waals surface area contributed by atoms with Crippen LogP contribution in [0.25, 0.3) is 10.9 Å². The van der Waals surface area contributed by atoms with Gasteiger partial charge in [-0.15, -0.1) is 0 Å². The zero-order valence-electron chi connectivity index (χ0n) is 15.3. The third-order valence-electron chi connectivity index (χ3n) is 5.01. The first kappa shape index (κ1) is 18.9. The number of aromatic amines is 1. The van der Waals surface area contributed by atoms with Crippen LogP contribution in [0.4, 0.5) is 11.4 Å². The van der Waals surface area contributed by atoms with Crippen molar-refractivity contribution in [2.24, 2.45) is 5.73 Å². The number of aromatic nitrogens is 1. The van der Waals surface area contributed by atoms with Gasteiger partial charge < -0.3 is 21.4 Å². The fourth-order valence-corrected chi connectivity index (χ4v) is 3.95. The Morgan fingerprint density at radius 3 is 2.71 bits per heavy atom. The van der Waals surface area contributed by atoms with Gasteiger partial charge in [-0.05, 0) is 48.4 Å². The highest BCUT2D eigenvalue weighted by Crippen LogP contribution is 2.32. The molecular formula is C20H22Cl2N6. The number of hydrogen-bond acceptors (Lipinski definition) is 3. The van der Waals surface area contributed by atoms with Crippen molar-refractivity contribution in [3.63, 3.8) is 0 Å². The normalized spacial score (nSPS) is 14.1. The number of halogens is 2. The van der Waals surface area contributed by atoms with Crippen molar-refractivity contribution < 1.29 is 0 Å². The fraction of sp³-hybridized carbons (Fsp3) is 0.250. The molecule has 2 aromatic carbocycles. The second kappa shape index (κ2) is 7.91. The number of nitrogens with two attached hydrogens (primary N) is 1. The molecule has 0 saturated heterocycles. The van der Waals surface area contributed by atoms with E-state index in [9.17, 15) is 0 Å². The minimum atomic E-state index is 0.0188. The molecular weight excluding hydrogens is 395 g/mol. The minimum absolute atomic E-state index is 0.0188. The van der Waals surface area contributed by atoms with Crippen molar-refractivity contribution in [2.75, 3.05) is 25.0 Å². The van der Waals surface area contributed by atoms with Crippen LogP contribution >= 0.6 is 23.2 Å². The summed E-state index contributed by atoms with van der Waals surface area (Å²) in [6.07, 6.45) is 0.992. The number of rotatable bonds is 5. The first-order chi connectivity index (χ1) is 13.5. The maximum absolute atomic E-state index is 7.25. The number of nitrogens with zero attached hydrogens (tertiary/aromatic N) is 1. The van der Waals surface area contributed by atoms with Gasteiger partial charge in [0.1, 0.15) is 0 Å². The number of H-pyrrole nitrogens is 1. The molecule has 0 atom stereocenters. The van der Waals surface area contributed by atoms with Crippen molar-refractivity contribution in [1.82, 2.24) is 15.2 Å². The first-order valence-corrected chi connectivity index (χ1v) is 9.91. The quantitative estimate of drug-likeness (QED) is 0.320. The van der Waals surface area contributed by atoms with E-state index >= 15 is 0 Å². The topological polar surface area (TPSA) is 93.0 Å². The molecule has 0 spiro atoms.